The summed E-state index contributed by atoms with van der Waals surface area (Å²) in [5, 5.41) is 40.6. The van der Waals surface area contributed by atoms with Crippen LogP contribution >= 0.6 is 0 Å². The molecule has 0 aliphatic carbocycles. The fraction of sp³-hybridized carbons (Fsp3) is 0.462. The van der Waals surface area contributed by atoms with Gasteiger partial charge in [-0.1, -0.05) is 12.1 Å². The number of nitro groups is 1. The van der Waals surface area contributed by atoms with Crippen molar-refractivity contribution in [2.45, 2.75) is 18.4 Å². The number of rotatable bonds is 7. The second-order valence-electron chi connectivity index (χ2n) is 4.82. The molecule has 8 heteroatoms. The Morgan fingerprint density at radius 1 is 1.33 bits per heavy atom. The number of hydrogen-bond donors (Lipinski definition) is 4. The molecular weight excluding hydrogens is 280 g/mol. The van der Waals surface area contributed by atoms with E-state index in [4.69, 9.17) is 0 Å². The lowest BCUT2D eigenvalue weighted by Crippen LogP contribution is -2.57. The van der Waals surface area contributed by atoms with Crippen LogP contribution in [0.15, 0.2) is 24.3 Å². The number of non-ortho nitro benzene ring substituents is 1. The van der Waals surface area contributed by atoms with Crippen molar-refractivity contribution < 1.29 is 25.0 Å². The fourth-order valence-electron chi connectivity index (χ4n) is 1.70. The van der Waals surface area contributed by atoms with Gasteiger partial charge in [0.05, 0.1) is 30.7 Å². The lowest BCUT2D eigenvalue weighted by molar-refractivity contribution is -0.384. The third-order valence-electron chi connectivity index (χ3n) is 3.27. The van der Waals surface area contributed by atoms with Crippen molar-refractivity contribution in [2.24, 2.45) is 0 Å². The molecule has 1 aromatic carbocycles. The average Bonchev–Trinajstić information content (AvgIpc) is 2.52. The van der Waals surface area contributed by atoms with Gasteiger partial charge in [0, 0.05) is 12.1 Å². The highest BCUT2D eigenvalue weighted by molar-refractivity contribution is 5.84. The third-order valence-corrected chi connectivity index (χ3v) is 3.27. The third kappa shape index (κ3) is 3.97. The van der Waals surface area contributed by atoms with E-state index < -0.39 is 42.1 Å². The number of nitro benzene ring substituents is 1. The van der Waals surface area contributed by atoms with Crippen molar-refractivity contribution in [2.75, 3.05) is 19.8 Å². The summed E-state index contributed by atoms with van der Waals surface area (Å²) in [4.78, 5) is 22.3. The maximum absolute atomic E-state index is 12.1. The van der Waals surface area contributed by atoms with Gasteiger partial charge in [-0.25, -0.2) is 0 Å². The van der Waals surface area contributed by atoms with Crippen LogP contribution in [0.1, 0.15) is 18.4 Å². The molecule has 0 heterocycles. The first-order valence-electron chi connectivity index (χ1n) is 6.28. The fourth-order valence-corrected chi connectivity index (χ4v) is 1.70. The number of carbonyl (C=O) groups is 1. The first-order chi connectivity index (χ1) is 9.89. The Morgan fingerprint density at radius 3 is 2.38 bits per heavy atom. The van der Waals surface area contributed by atoms with Crippen LogP contribution in [-0.4, -0.2) is 51.5 Å². The zero-order valence-corrected chi connectivity index (χ0v) is 11.5. The minimum absolute atomic E-state index is 0.134. The summed E-state index contributed by atoms with van der Waals surface area (Å²) in [5.74, 6) is -1.30. The summed E-state index contributed by atoms with van der Waals surface area (Å²) in [5.41, 5.74) is -1.24. The predicted octanol–water partition coefficient (Wildman–Crippen LogP) is -0.470. The van der Waals surface area contributed by atoms with E-state index in [2.05, 4.69) is 5.32 Å². The topological polar surface area (TPSA) is 133 Å². The van der Waals surface area contributed by atoms with Gasteiger partial charge < -0.3 is 20.6 Å². The van der Waals surface area contributed by atoms with Crippen LogP contribution in [0.5, 0.6) is 0 Å². The minimum Gasteiger partial charge on any atom is -0.394 e. The highest BCUT2D eigenvalue weighted by Gasteiger charge is 2.32. The molecule has 0 aromatic heterocycles. The van der Waals surface area contributed by atoms with Gasteiger partial charge in [-0.3, -0.25) is 14.9 Å². The number of hydrogen-bond acceptors (Lipinski definition) is 6. The van der Waals surface area contributed by atoms with Gasteiger partial charge in [0.25, 0.3) is 5.69 Å². The SMILES string of the molecule is CC(C(=O)NC(CO)(CO)CO)c1cccc([N+](=O)[O-])c1. The molecule has 0 radical (unpaired) electrons. The number of aliphatic hydroxyl groups is 3. The lowest BCUT2D eigenvalue weighted by atomic mass is 9.96. The lowest BCUT2D eigenvalue weighted by Gasteiger charge is -2.30. The van der Waals surface area contributed by atoms with Crippen molar-refractivity contribution in [1.82, 2.24) is 5.32 Å². The standard InChI is InChI=1S/C13H18N2O6/c1-9(10-3-2-4-11(5-10)15(20)21)12(19)14-13(6-16,7-17)8-18/h2-5,9,16-18H,6-8H2,1H3,(H,14,19). The van der Waals surface area contributed by atoms with Crippen LogP contribution in [0.2, 0.25) is 0 Å². The Kier molecular flexibility index (Phi) is 5.77. The maximum Gasteiger partial charge on any atom is 0.269 e. The molecule has 21 heavy (non-hydrogen) atoms. The Labute approximate surface area is 121 Å². The Bertz CT molecular complexity index is 507. The Morgan fingerprint density at radius 2 is 1.90 bits per heavy atom. The molecular formula is C13H18N2O6. The smallest absolute Gasteiger partial charge is 0.269 e. The van der Waals surface area contributed by atoms with Crippen LogP contribution < -0.4 is 5.32 Å². The van der Waals surface area contributed by atoms with Gasteiger partial charge in [-0.05, 0) is 12.5 Å². The number of benzene rings is 1. The summed E-state index contributed by atoms with van der Waals surface area (Å²) < 4.78 is 0. The number of carbonyl (C=O) groups excluding carboxylic acids is 1. The first-order valence-corrected chi connectivity index (χ1v) is 6.28. The van der Waals surface area contributed by atoms with E-state index in [0.717, 1.165) is 0 Å². The summed E-state index contributed by atoms with van der Waals surface area (Å²) >= 11 is 0. The molecule has 0 saturated heterocycles. The Hall–Kier alpha value is -2.03. The largest absolute Gasteiger partial charge is 0.394 e. The minimum atomic E-state index is -1.52. The second kappa shape index (κ2) is 7.11. The van der Waals surface area contributed by atoms with Gasteiger partial charge >= 0.3 is 0 Å². The van der Waals surface area contributed by atoms with E-state index in [1.807, 2.05) is 0 Å². The highest BCUT2D eigenvalue weighted by atomic mass is 16.6. The van der Waals surface area contributed by atoms with Crippen LogP contribution in [-0.2, 0) is 4.79 Å². The monoisotopic (exact) mass is 298 g/mol. The van der Waals surface area contributed by atoms with Crippen molar-refractivity contribution in [3.8, 4) is 0 Å². The predicted molar refractivity (Wildman–Crippen MR) is 73.6 cm³/mol. The average molecular weight is 298 g/mol. The molecule has 1 atom stereocenters. The molecule has 0 aliphatic heterocycles. The Balaban J connectivity index is 2.92. The van der Waals surface area contributed by atoms with Gasteiger partial charge in [0.15, 0.2) is 0 Å². The number of nitrogens with zero attached hydrogens (tertiary/aromatic N) is 1. The molecule has 1 aromatic rings. The van der Waals surface area contributed by atoms with Crippen molar-refractivity contribution in [1.29, 1.82) is 0 Å². The van der Waals surface area contributed by atoms with E-state index in [1.165, 1.54) is 25.1 Å². The van der Waals surface area contributed by atoms with E-state index >= 15 is 0 Å². The summed E-state index contributed by atoms with van der Waals surface area (Å²) in [6, 6.07) is 5.63. The highest BCUT2D eigenvalue weighted by Crippen LogP contribution is 2.21. The van der Waals surface area contributed by atoms with Crippen LogP contribution in [0.4, 0.5) is 5.69 Å². The van der Waals surface area contributed by atoms with Crippen LogP contribution in [0.25, 0.3) is 0 Å². The molecule has 4 N–H and O–H groups in total. The van der Waals surface area contributed by atoms with Gasteiger partial charge in [0.1, 0.15) is 5.54 Å². The molecule has 1 rings (SSSR count). The van der Waals surface area contributed by atoms with E-state index in [-0.39, 0.29) is 5.69 Å². The molecule has 8 nitrogen and oxygen atoms in total. The quantitative estimate of drug-likeness (QED) is 0.397. The van der Waals surface area contributed by atoms with E-state index in [1.54, 1.807) is 6.07 Å². The van der Waals surface area contributed by atoms with E-state index in [0.29, 0.717) is 5.56 Å². The normalized spacial score (nSPS) is 12.8. The summed E-state index contributed by atoms with van der Waals surface area (Å²) in [6.45, 7) is -0.362. The molecule has 0 spiro atoms. The van der Waals surface area contributed by atoms with Crippen molar-refractivity contribution >= 4 is 11.6 Å². The number of amides is 1. The first kappa shape index (κ1) is 17.0. The summed E-state index contributed by atoms with van der Waals surface area (Å²) in [7, 11) is 0. The van der Waals surface area contributed by atoms with E-state index in [9.17, 15) is 30.2 Å². The zero-order chi connectivity index (χ0) is 16.0. The van der Waals surface area contributed by atoms with Crippen molar-refractivity contribution in [3.05, 3.63) is 39.9 Å². The number of nitrogens with one attached hydrogen (secondary N) is 1. The van der Waals surface area contributed by atoms with Gasteiger partial charge in [-0.15, -0.1) is 0 Å². The van der Waals surface area contributed by atoms with Crippen LogP contribution in [0, 0.1) is 10.1 Å². The maximum atomic E-state index is 12.1. The van der Waals surface area contributed by atoms with Crippen LogP contribution in [0.3, 0.4) is 0 Å². The number of aliphatic hydroxyl groups excluding tert-OH is 3. The zero-order valence-electron chi connectivity index (χ0n) is 11.5. The van der Waals surface area contributed by atoms with Gasteiger partial charge in [-0.2, -0.15) is 0 Å². The molecule has 0 saturated carbocycles. The molecule has 1 unspecified atom stereocenters. The van der Waals surface area contributed by atoms with Crippen molar-refractivity contribution in [3.63, 3.8) is 0 Å². The molecule has 116 valence electrons. The summed E-state index contributed by atoms with van der Waals surface area (Å²) in [6.07, 6.45) is 0. The molecule has 1 amide bonds. The molecule has 0 bridgehead atoms. The molecule has 0 fully saturated rings. The van der Waals surface area contributed by atoms with Gasteiger partial charge in [0.2, 0.25) is 5.91 Å². The molecule has 0 aliphatic rings. The second-order valence-corrected chi connectivity index (χ2v) is 4.82.